The summed E-state index contributed by atoms with van der Waals surface area (Å²) in [6.07, 6.45) is 5.34. The van der Waals surface area contributed by atoms with Crippen LogP contribution in [-0.4, -0.2) is 23.2 Å². The second-order valence-electron chi connectivity index (χ2n) is 6.94. The first-order chi connectivity index (χ1) is 14.7. The molecule has 0 saturated carbocycles. The molecule has 0 saturated heterocycles. The van der Waals surface area contributed by atoms with Crippen molar-refractivity contribution in [2.75, 3.05) is 0 Å². The number of nitrogens with one attached hydrogen (secondary N) is 2. The van der Waals surface area contributed by atoms with E-state index in [0.29, 0.717) is 0 Å². The Balaban J connectivity index is 2.05. The van der Waals surface area contributed by atoms with Crippen molar-refractivity contribution in [3.8, 4) is 0 Å². The van der Waals surface area contributed by atoms with Crippen molar-refractivity contribution in [3.63, 3.8) is 0 Å². The number of carbonyl (C=O) groups excluding carboxylic acids is 2. The number of hydrazone groups is 2. The van der Waals surface area contributed by atoms with Crippen molar-refractivity contribution < 1.29 is 9.59 Å². The van der Waals surface area contributed by atoms with Gasteiger partial charge in [-0.3, -0.25) is 9.59 Å². The summed E-state index contributed by atoms with van der Waals surface area (Å²) in [6.45, 7) is 4.19. The number of hydrogen-bond acceptors (Lipinski definition) is 4. The molecule has 30 heavy (non-hydrogen) atoms. The molecule has 0 aliphatic heterocycles. The zero-order valence-corrected chi connectivity index (χ0v) is 17.7. The summed E-state index contributed by atoms with van der Waals surface area (Å²) in [7, 11) is 0. The highest BCUT2D eigenvalue weighted by molar-refractivity contribution is 6.35. The van der Waals surface area contributed by atoms with Crippen molar-refractivity contribution in [2.24, 2.45) is 10.2 Å². The van der Waals surface area contributed by atoms with Gasteiger partial charge in [0.05, 0.1) is 11.4 Å². The van der Waals surface area contributed by atoms with Crippen LogP contribution in [-0.2, 0) is 9.59 Å². The Kier molecular flexibility index (Phi) is 10.00. The molecule has 0 atom stereocenters. The molecule has 2 aromatic rings. The molecule has 0 unspecified atom stereocenters. The lowest BCUT2D eigenvalue weighted by Crippen LogP contribution is -2.36. The largest absolute Gasteiger partial charge is 0.331 e. The van der Waals surface area contributed by atoms with Crippen LogP contribution < -0.4 is 10.9 Å². The Labute approximate surface area is 178 Å². The van der Waals surface area contributed by atoms with Gasteiger partial charge in [-0.05, 0) is 36.8 Å². The number of hydrogen-bond donors (Lipinski definition) is 2. The Morgan fingerprint density at radius 1 is 0.667 bits per heavy atom. The summed E-state index contributed by atoms with van der Waals surface area (Å²) in [4.78, 5) is 24.4. The fraction of sp³-hybridized carbons (Fsp3) is 0.333. The van der Waals surface area contributed by atoms with Crippen molar-refractivity contribution in [1.82, 2.24) is 10.9 Å². The molecule has 0 fully saturated rings. The fourth-order valence-corrected chi connectivity index (χ4v) is 2.82. The lowest BCUT2D eigenvalue weighted by atomic mass is 10.1. The summed E-state index contributed by atoms with van der Waals surface area (Å²) in [5.74, 6) is -1.68. The van der Waals surface area contributed by atoms with E-state index >= 15 is 0 Å². The smallest absolute Gasteiger partial charge is 0.262 e. The quantitative estimate of drug-likeness (QED) is 0.348. The van der Waals surface area contributed by atoms with Crippen LogP contribution in [0.25, 0.3) is 0 Å². The molecular formula is C24H30N4O2. The van der Waals surface area contributed by atoms with Gasteiger partial charge in [0.25, 0.3) is 0 Å². The van der Waals surface area contributed by atoms with Gasteiger partial charge in [-0.2, -0.15) is 10.2 Å². The Hall–Kier alpha value is -3.28. The van der Waals surface area contributed by atoms with E-state index in [-0.39, 0.29) is 0 Å². The van der Waals surface area contributed by atoms with Crippen LogP contribution in [0.5, 0.6) is 0 Å². The lowest BCUT2D eigenvalue weighted by molar-refractivity contribution is -0.139. The Morgan fingerprint density at radius 2 is 1.03 bits per heavy atom. The average Bonchev–Trinajstić information content (AvgIpc) is 2.80. The maximum absolute atomic E-state index is 12.2. The van der Waals surface area contributed by atoms with Crippen LogP contribution in [0.3, 0.4) is 0 Å². The van der Waals surface area contributed by atoms with Crippen molar-refractivity contribution in [2.45, 2.75) is 52.4 Å². The second-order valence-corrected chi connectivity index (χ2v) is 6.94. The monoisotopic (exact) mass is 406 g/mol. The van der Waals surface area contributed by atoms with Crippen molar-refractivity contribution >= 4 is 23.2 Å². The van der Waals surface area contributed by atoms with E-state index in [9.17, 15) is 9.59 Å². The van der Waals surface area contributed by atoms with Crippen LogP contribution in [0.1, 0.15) is 63.5 Å². The number of unbranched alkanes of at least 4 members (excludes halogenated alkanes) is 2. The van der Waals surface area contributed by atoms with E-state index in [2.05, 4.69) is 34.9 Å². The summed E-state index contributed by atoms with van der Waals surface area (Å²) >= 11 is 0. The summed E-state index contributed by atoms with van der Waals surface area (Å²) in [5.41, 5.74) is 8.07. The van der Waals surface area contributed by atoms with Gasteiger partial charge in [0, 0.05) is 0 Å². The molecule has 0 aromatic heterocycles. The summed E-state index contributed by atoms with van der Waals surface area (Å²) in [6, 6.07) is 19.3. The molecule has 0 spiro atoms. The molecule has 2 aromatic carbocycles. The minimum atomic E-state index is -0.841. The van der Waals surface area contributed by atoms with Gasteiger partial charge in [-0.15, -0.1) is 0 Å². The average molecular weight is 407 g/mol. The minimum absolute atomic E-state index is 0.718. The maximum Gasteiger partial charge on any atom is 0.331 e. The van der Waals surface area contributed by atoms with Gasteiger partial charge in [-0.25, -0.2) is 10.9 Å². The number of nitrogens with zero attached hydrogens (tertiary/aromatic N) is 2. The Bertz CT molecular complexity index is 788. The van der Waals surface area contributed by atoms with Gasteiger partial charge in [0.2, 0.25) is 0 Å². The zero-order chi connectivity index (χ0) is 21.6. The molecule has 0 heterocycles. The third-order valence-corrected chi connectivity index (χ3v) is 4.54. The van der Waals surface area contributed by atoms with E-state index in [1.165, 1.54) is 0 Å². The molecule has 158 valence electrons. The topological polar surface area (TPSA) is 82.9 Å². The van der Waals surface area contributed by atoms with Gasteiger partial charge in [0.15, 0.2) is 0 Å². The first-order valence-corrected chi connectivity index (χ1v) is 10.5. The standard InChI is InChI=1S/C24H30N4O2/c1-3-5-17-21(19-13-9-7-10-14-19)25-27-23(29)24(30)28-26-22(18-6-4-2)20-15-11-8-12-16-20/h7-16H,3-6,17-18H2,1-2H3,(H,27,29)(H,28,30). The molecule has 0 radical (unpaired) electrons. The van der Waals surface area contributed by atoms with E-state index in [0.717, 1.165) is 61.1 Å². The summed E-state index contributed by atoms with van der Waals surface area (Å²) in [5, 5.41) is 8.39. The number of rotatable bonds is 10. The molecule has 6 heteroatoms. The first-order valence-electron chi connectivity index (χ1n) is 10.5. The van der Waals surface area contributed by atoms with Gasteiger partial charge in [-0.1, -0.05) is 87.4 Å². The number of benzene rings is 2. The Morgan fingerprint density at radius 3 is 1.37 bits per heavy atom. The maximum atomic E-state index is 12.2. The van der Waals surface area contributed by atoms with E-state index in [1.54, 1.807) is 0 Å². The third kappa shape index (κ3) is 7.62. The van der Waals surface area contributed by atoms with Crippen LogP contribution in [0.15, 0.2) is 70.9 Å². The van der Waals surface area contributed by atoms with Crippen LogP contribution in [0.2, 0.25) is 0 Å². The fourth-order valence-electron chi connectivity index (χ4n) is 2.82. The molecular weight excluding hydrogens is 376 g/mol. The van der Waals surface area contributed by atoms with Crippen LogP contribution >= 0.6 is 0 Å². The van der Waals surface area contributed by atoms with E-state index < -0.39 is 11.8 Å². The van der Waals surface area contributed by atoms with E-state index in [1.807, 2.05) is 60.7 Å². The van der Waals surface area contributed by atoms with Gasteiger partial charge >= 0.3 is 11.8 Å². The van der Waals surface area contributed by atoms with Crippen LogP contribution in [0.4, 0.5) is 0 Å². The van der Waals surface area contributed by atoms with Crippen molar-refractivity contribution in [1.29, 1.82) is 0 Å². The first kappa shape index (κ1) is 23.0. The molecule has 2 rings (SSSR count). The summed E-state index contributed by atoms with van der Waals surface area (Å²) < 4.78 is 0. The predicted molar refractivity (Wildman–Crippen MR) is 121 cm³/mol. The second kappa shape index (κ2) is 13.0. The number of amides is 2. The predicted octanol–water partition coefficient (Wildman–Crippen LogP) is 4.41. The third-order valence-electron chi connectivity index (χ3n) is 4.54. The van der Waals surface area contributed by atoms with E-state index in [4.69, 9.17) is 0 Å². The SMILES string of the molecule is CCCCC(=NNC(=O)C(=O)NN=C(CCCC)c1ccccc1)c1ccccc1. The molecule has 0 bridgehead atoms. The minimum Gasteiger partial charge on any atom is -0.262 e. The van der Waals surface area contributed by atoms with Gasteiger partial charge in [0.1, 0.15) is 0 Å². The lowest BCUT2D eigenvalue weighted by Gasteiger charge is -2.08. The zero-order valence-electron chi connectivity index (χ0n) is 17.7. The highest BCUT2D eigenvalue weighted by Gasteiger charge is 2.14. The highest BCUT2D eigenvalue weighted by atomic mass is 16.2. The van der Waals surface area contributed by atoms with Gasteiger partial charge < -0.3 is 0 Å². The van der Waals surface area contributed by atoms with Crippen molar-refractivity contribution in [3.05, 3.63) is 71.8 Å². The molecule has 0 aliphatic carbocycles. The molecule has 2 N–H and O–H groups in total. The van der Waals surface area contributed by atoms with Crippen LogP contribution in [0, 0.1) is 0 Å². The number of carbonyl (C=O) groups is 2. The highest BCUT2D eigenvalue weighted by Crippen LogP contribution is 2.09. The molecule has 6 nitrogen and oxygen atoms in total. The normalized spacial score (nSPS) is 11.8. The molecule has 2 amide bonds. The molecule has 0 aliphatic rings.